The SMILES string of the molecule is COc1cc2c(Oc3ccc(NS(=O)c4cc(Cl)cc(Cl)c4)cc3F)ccnc2cc1OCCCN1CCCC(C)C1. The molecule has 42 heavy (non-hydrogen) atoms. The molecule has 4 aromatic rings. The summed E-state index contributed by atoms with van der Waals surface area (Å²) in [6.45, 7) is 6.15. The van der Waals surface area contributed by atoms with Gasteiger partial charge in [0.2, 0.25) is 0 Å². The summed E-state index contributed by atoms with van der Waals surface area (Å²) in [5.74, 6) is 1.64. The fourth-order valence-electron chi connectivity index (χ4n) is 5.02. The number of halogens is 3. The first-order valence-electron chi connectivity index (χ1n) is 13.7. The third-order valence-corrected chi connectivity index (χ3v) is 8.54. The number of nitrogens with one attached hydrogen (secondary N) is 1. The van der Waals surface area contributed by atoms with Crippen LogP contribution in [0.15, 0.2) is 65.7 Å². The molecule has 11 heteroatoms. The standard InChI is InChI=1S/C31H32Cl2FN3O4S/c1-20-5-3-10-37(19-20)11-4-12-40-31-18-27-25(17-30(31)39-2)28(8-9-35-27)41-29-7-6-23(16-26(29)34)36-42(38)24-14-21(32)13-22(33)15-24/h6-9,13-18,20,36H,3-5,10-12,19H2,1-2H3. The molecule has 1 saturated heterocycles. The van der Waals surface area contributed by atoms with E-state index in [1.165, 1.54) is 37.1 Å². The van der Waals surface area contributed by atoms with E-state index < -0.39 is 16.8 Å². The second kappa shape index (κ2) is 13.9. The number of ether oxygens (including phenoxy) is 3. The number of hydrogen-bond donors (Lipinski definition) is 1. The molecule has 0 aliphatic carbocycles. The maximum Gasteiger partial charge on any atom is 0.167 e. The number of aromatic nitrogens is 1. The fourth-order valence-corrected chi connectivity index (χ4v) is 6.60. The number of benzene rings is 3. The lowest BCUT2D eigenvalue weighted by Gasteiger charge is -2.30. The van der Waals surface area contributed by atoms with Crippen molar-refractivity contribution in [3.05, 3.63) is 76.7 Å². The van der Waals surface area contributed by atoms with Gasteiger partial charge in [-0.2, -0.15) is 0 Å². The van der Waals surface area contributed by atoms with Crippen molar-refractivity contribution in [2.45, 2.75) is 31.1 Å². The minimum atomic E-state index is -1.70. The Morgan fingerprint density at radius 3 is 2.60 bits per heavy atom. The maximum atomic E-state index is 15.1. The molecular formula is C31H32Cl2FN3O4S. The van der Waals surface area contributed by atoms with Gasteiger partial charge in [0.15, 0.2) is 23.1 Å². The highest BCUT2D eigenvalue weighted by atomic mass is 35.5. The summed E-state index contributed by atoms with van der Waals surface area (Å²) in [5.41, 5.74) is 0.926. The van der Waals surface area contributed by atoms with E-state index in [4.69, 9.17) is 37.4 Å². The molecule has 2 heterocycles. The van der Waals surface area contributed by atoms with Gasteiger partial charge in [0, 0.05) is 52.5 Å². The van der Waals surface area contributed by atoms with Gasteiger partial charge in [-0.15, -0.1) is 0 Å². The van der Waals surface area contributed by atoms with Crippen molar-refractivity contribution in [3.63, 3.8) is 0 Å². The highest BCUT2D eigenvalue weighted by Gasteiger charge is 2.17. The van der Waals surface area contributed by atoms with E-state index in [9.17, 15) is 4.21 Å². The summed E-state index contributed by atoms with van der Waals surface area (Å²) in [6.07, 6.45) is 5.06. The Balaban J connectivity index is 1.26. The molecule has 1 N–H and O–H groups in total. The molecule has 0 spiro atoms. The smallest absolute Gasteiger partial charge is 0.167 e. The largest absolute Gasteiger partial charge is 0.493 e. The van der Waals surface area contributed by atoms with Crippen LogP contribution in [0.1, 0.15) is 26.2 Å². The number of likely N-dealkylation sites (tertiary alicyclic amines) is 1. The average molecular weight is 633 g/mol. The zero-order valence-corrected chi connectivity index (χ0v) is 25.7. The number of hydrogen-bond acceptors (Lipinski definition) is 6. The molecule has 5 rings (SSSR count). The normalized spacial score (nSPS) is 16.3. The van der Waals surface area contributed by atoms with Crippen molar-refractivity contribution < 1.29 is 22.8 Å². The zero-order valence-electron chi connectivity index (χ0n) is 23.4. The van der Waals surface area contributed by atoms with Crippen molar-refractivity contribution in [3.8, 4) is 23.0 Å². The number of pyridine rings is 1. The number of rotatable bonds is 11. The Labute approximate surface area is 257 Å². The third kappa shape index (κ3) is 7.64. The van der Waals surface area contributed by atoms with Gasteiger partial charge in [-0.25, -0.2) is 8.60 Å². The van der Waals surface area contributed by atoms with Gasteiger partial charge in [-0.05, 0) is 74.2 Å². The lowest BCUT2D eigenvalue weighted by molar-refractivity contribution is 0.169. The first kappa shape index (κ1) is 30.4. The van der Waals surface area contributed by atoms with Crippen molar-refractivity contribution in [1.82, 2.24) is 9.88 Å². The Hall–Kier alpha value is -3.11. The van der Waals surface area contributed by atoms with Crippen LogP contribution in [-0.4, -0.2) is 47.4 Å². The van der Waals surface area contributed by atoms with Crippen LogP contribution in [-0.2, 0) is 11.0 Å². The summed E-state index contributed by atoms with van der Waals surface area (Å²) >= 11 is 12.0. The number of methoxy groups -OCH3 is 1. The summed E-state index contributed by atoms with van der Waals surface area (Å²) in [5, 5.41) is 1.35. The zero-order chi connectivity index (χ0) is 29.6. The predicted octanol–water partition coefficient (Wildman–Crippen LogP) is 8.12. The molecule has 2 atom stereocenters. The third-order valence-electron chi connectivity index (χ3n) is 7.02. The van der Waals surface area contributed by atoms with Crippen LogP contribution in [0.5, 0.6) is 23.0 Å². The Morgan fingerprint density at radius 1 is 1.05 bits per heavy atom. The van der Waals surface area contributed by atoms with Crippen LogP contribution >= 0.6 is 23.2 Å². The van der Waals surface area contributed by atoms with E-state index in [0.717, 1.165) is 32.0 Å². The molecule has 1 fully saturated rings. The second-order valence-electron chi connectivity index (χ2n) is 10.3. The van der Waals surface area contributed by atoms with Crippen molar-refractivity contribution in [2.24, 2.45) is 5.92 Å². The predicted molar refractivity (Wildman–Crippen MR) is 166 cm³/mol. The van der Waals surface area contributed by atoms with Crippen LogP contribution < -0.4 is 18.9 Å². The van der Waals surface area contributed by atoms with Gasteiger partial charge in [0.05, 0.1) is 24.1 Å². The average Bonchev–Trinajstić information content (AvgIpc) is 2.96. The van der Waals surface area contributed by atoms with Crippen LogP contribution in [0, 0.1) is 11.7 Å². The summed E-state index contributed by atoms with van der Waals surface area (Å²) in [6, 6.07) is 14.1. The molecule has 7 nitrogen and oxygen atoms in total. The number of anilines is 1. The van der Waals surface area contributed by atoms with Crippen LogP contribution in [0.3, 0.4) is 0 Å². The topological polar surface area (TPSA) is 72.9 Å². The number of nitrogens with zero attached hydrogens (tertiary/aromatic N) is 2. The summed E-state index contributed by atoms with van der Waals surface area (Å²) in [4.78, 5) is 7.32. The Kier molecular flexibility index (Phi) is 10.1. The maximum absolute atomic E-state index is 15.1. The minimum Gasteiger partial charge on any atom is -0.493 e. The minimum absolute atomic E-state index is 0.00374. The van der Waals surface area contributed by atoms with Crippen molar-refractivity contribution >= 4 is 50.8 Å². The summed E-state index contributed by atoms with van der Waals surface area (Å²) in [7, 11) is -0.126. The van der Waals surface area contributed by atoms with Gasteiger partial charge >= 0.3 is 0 Å². The first-order chi connectivity index (χ1) is 20.3. The molecule has 222 valence electrons. The molecular weight excluding hydrogens is 600 g/mol. The lowest BCUT2D eigenvalue weighted by Crippen LogP contribution is -2.35. The van der Waals surface area contributed by atoms with Gasteiger partial charge in [0.25, 0.3) is 0 Å². The quantitative estimate of drug-likeness (QED) is 0.169. The van der Waals surface area contributed by atoms with E-state index in [1.807, 2.05) is 6.07 Å². The second-order valence-corrected chi connectivity index (χ2v) is 12.4. The van der Waals surface area contributed by atoms with E-state index in [0.29, 0.717) is 55.4 Å². The molecule has 1 aromatic heterocycles. The van der Waals surface area contributed by atoms with Crippen LogP contribution in [0.4, 0.5) is 10.1 Å². The molecule has 2 unspecified atom stereocenters. The molecule has 1 aliphatic heterocycles. The highest BCUT2D eigenvalue weighted by molar-refractivity contribution is 7.86. The van der Waals surface area contributed by atoms with E-state index in [-0.39, 0.29) is 5.75 Å². The van der Waals surface area contributed by atoms with E-state index in [2.05, 4.69) is 21.5 Å². The van der Waals surface area contributed by atoms with Crippen molar-refractivity contribution in [1.29, 1.82) is 0 Å². The van der Waals surface area contributed by atoms with Gasteiger partial charge < -0.3 is 23.8 Å². The molecule has 0 radical (unpaired) electrons. The lowest BCUT2D eigenvalue weighted by atomic mass is 10.0. The molecule has 0 amide bonds. The van der Waals surface area contributed by atoms with E-state index in [1.54, 1.807) is 37.6 Å². The van der Waals surface area contributed by atoms with Gasteiger partial charge in [-0.1, -0.05) is 30.1 Å². The van der Waals surface area contributed by atoms with Crippen LogP contribution in [0.25, 0.3) is 10.9 Å². The monoisotopic (exact) mass is 631 g/mol. The Morgan fingerprint density at radius 2 is 1.86 bits per heavy atom. The number of fused-ring (bicyclic) bond motifs is 1. The molecule has 1 aliphatic rings. The summed E-state index contributed by atoms with van der Waals surface area (Å²) < 4.78 is 48.2. The first-order valence-corrected chi connectivity index (χ1v) is 15.6. The van der Waals surface area contributed by atoms with Crippen molar-refractivity contribution in [2.75, 3.05) is 38.1 Å². The van der Waals surface area contributed by atoms with Crippen LogP contribution in [0.2, 0.25) is 10.0 Å². The Bertz CT molecular complexity index is 1570. The van der Waals surface area contributed by atoms with Gasteiger partial charge in [-0.3, -0.25) is 4.98 Å². The number of piperidine rings is 1. The molecule has 0 saturated carbocycles. The van der Waals surface area contributed by atoms with Gasteiger partial charge in [0.1, 0.15) is 16.7 Å². The fraction of sp³-hybridized carbons (Fsp3) is 0.323. The molecule has 3 aromatic carbocycles. The molecule has 0 bridgehead atoms. The highest BCUT2D eigenvalue weighted by Crippen LogP contribution is 2.38. The van der Waals surface area contributed by atoms with E-state index >= 15 is 4.39 Å².